The van der Waals surface area contributed by atoms with Crippen LogP contribution in [0.15, 0.2) is 24.3 Å². The van der Waals surface area contributed by atoms with Gasteiger partial charge in [0.15, 0.2) is 0 Å². The third kappa shape index (κ3) is 3.96. The summed E-state index contributed by atoms with van der Waals surface area (Å²) in [4.78, 5) is 22.3. The number of anilines is 1. The minimum atomic E-state index is 0.0651. The second-order valence-electron chi connectivity index (χ2n) is 5.95. The fourth-order valence-electron chi connectivity index (χ4n) is 2.60. The number of piperazine rings is 1. The number of hydrogen-bond acceptors (Lipinski definition) is 5. The van der Waals surface area contributed by atoms with E-state index in [-0.39, 0.29) is 6.03 Å². The Morgan fingerprint density at radius 2 is 1.88 bits per heavy atom. The molecule has 2 amide bonds. The number of halogens is 1. The van der Waals surface area contributed by atoms with Gasteiger partial charge in [-0.15, -0.1) is 0 Å². The van der Waals surface area contributed by atoms with Gasteiger partial charge in [0.25, 0.3) is 0 Å². The van der Waals surface area contributed by atoms with Crippen molar-refractivity contribution in [3.8, 4) is 0 Å². The monoisotopic (exact) mass is 365 g/mol. The number of benzene rings is 1. The molecule has 1 aromatic carbocycles. The Morgan fingerprint density at radius 1 is 1.21 bits per heavy atom. The van der Waals surface area contributed by atoms with Crippen molar-refractivity contribution in [2.75, 3.05) is 45.2 Å². The van der Waals surface area contributed by atoms with Gasteiger partial charge in [0.1, 0.15) is 5.82 Å². The molecule has 1 fully saturated rings. The van der Waals surface area contributed by atoms with Crippen LogP contribution >= 0.6 is 23.1 Å². The van der Waals surface area contributed by atoms with Crippen LogP contribution in [-0.4, -0.2) is 65.5 Å². The van der Waals surface area contributed by atoms with Gasteiger partial charge in [-0.25, -0.2) is 9.78 Å². The van der Waals surface area contributed by atoms with Crippen LogP contribution in [0.25, 0.3) is 0 Å². The summed E-state index contributed by atoms with van der Waals surface area (Å²) in [6.07, 6.45) is 0.701. The topological polar surface area (TPSA) is 52.6 Å². The van der Waals surface area contributed by atoms with Crippen LogP contribution in [0.2, 0.25) is 5.02 Å². The Morgan fingerprint density at radius 3 is 2.50 bits per heavy atom. The highest BCUT2D eigenvalue weighted by Gasteiger charge is 2.24. The van der Waals surface area contributed by atoms with Crippen LogP contribution in [0, 0.1) is 0 Å². The van der Waals surface area contributed by atoms with Gasteiger partial charge >= 0.3 is 6.03 Å². The number of amides is 2. The maximum Gasteiger partial charge on any atom is 0.319 e. The van der Waals surface area contributed by atoms with E-state index in [9.17, 15) is 4.79 Å². The van der Waals surface area contributed by atoms with E-state index in [0.29, 0.717) is 19.5 Å². The molecule has 1 aliphatic heterocycles. The number of carbonyl (C=O) groups excluding carboxylic acids is 1. The molecule has 24 heavy (non-hydrogen) atoms. The summed E-state index contributed by atoms with van der Waals surface area (Å²) < 4.78 is 4.46. The van der Waals surface area contributed by atoms with Crippen LogP contribution in [-0.2, 0) is 6.42 Å². The highest BCUT2D eigenvalue weighted by molar-refractivity contribution is 7.09. The molecule has 1 aliphatic rings. The molecule has 0 bridgehead atoms. The molecule has 2 heterocycles. The molecule has 0 unspecified atom stereocenters. The molecule has 0 saturated carbocycles. The van der Waals surface area contributed by atoms with Crippen molar-refractivity contribution in [2.45, 2.75) is 6.42 Å². The zero-order chi connectivity index (χ0) is 17.1. The zero-order valence-corrected chi connectivity index (χ0v) is 15.3. The number of urea groups is 1. The number of rotatable bonds is 3. The van der Waals surface area contributed by atoms with Crippen molar-refractivity contribution >= 4 is 34.3 Å². The Kier molecular flexibility index (Phi) is 5.20. The lowest BCUT2D eigenvalue weighted by Gasteiger charge is -2.35. The summed E-state index contributed by atoms with van der Waals surface area (Å²) in [6, 6.07) is 7.81. The van der Waals surface area contributed by atoms with Crippen molar-refractivity contribution in [3.05, 3.63) is 40.7 Å². The first-order valence-electron chi connectivity index (χ1n) is 7.81. The normalized spacial score (nSPS) is 14.8. The minimum absolute atomic E-state index is 0.0651. The largest absolute Gasteiger partial charge is 0.343 e. The zero-order valence-electron chi connectivity index (χ0n) is 13.8. The lowest BCUT2D eigenvalue weighted by molar-refractivity contribution is 0.168. The van der Waals surface area contributed by atoms with Crippen LogP contribution in [0.3, 0.4) is 0 Å². The molecular weight excluding hydrogens is 346 g/mol. The van der Waals surface area contributed by atoms with Gasteiger partial charge in [0, 0.05) is 63.3 Å². The predicted molar refractivity (Wildman–Crippen MR) is 97.0 cm³/mol. The maximum atomic E-state index is 12.0. The molecule has 0 atom stereocenters. The van der Waals surface area contributed by atoms with Crippen molar-refractivity contribution in [1.82, 2.24) is 19.2 Å². The van der Waals surface area contributed by atoms with E-state index in [1.165, 1.54) is 11.5 Å². The fourth-order valence-corrected chi connectivity index (χ4v) is 3.46. The minimum Gasteiger partial charge on any atom is -0.343 e. The standard InChI is InChI=1S/C16H20ClN5OS/c1-20(2)16(23)22-9-7-21(8-10-22)15-18-14(19-24-15)11-12-3-5-13(17)6-4-12/h3-6H,7-11H2,1-2H3. The SMILES string of the molecule is CN(C)C(=O)N1CCN(c2nc(Cc3ccc(Cl)cc3)ns2)CC1. The van der Waals surface area contributed by atoms with Gasteiger partial charge < -0.3 is 14.7 Å². The summed E-state index contributed by atoms with van der Waals surface area (Å²) >= 11 is 7.33. The van der Waals surface area contributed by atoms with Gasteiger partial charge in [-0.3, -0.25) is 0 Å². The van der Waals surface area contributed by atoms with E-state index in [1.54, 1.807) is 19.0 Å². The fraction of sp³-hybridized carbons (Fsp3) is 0.438. The van der Waals surface area contributed by atoms with Crippen LogP contribution in [0.5, 0.6) is 0 Å². The maximum absolute atomic E-state index is 12.0. The molecule has 2 aromatic rings. The first kappa shape index (κ1) is 17.0. The predicted octanol–water partition coefficient (Wildman–Crippen LogP) is 2.59. The van der Waals surface area contributed by atoms with Gasteiger partial charge in [-0.1, -0.05) is 23.7 Å². The molecule has 3 rings (SSSR count). The molecule has 8 heteroatoms. The van der Waals surface area contributed by atoms with E-state index in [0.717, 1.165) is 34.6 Å². The molecular formula is C16H20ClN5OS. The molecule has 0 radical (unpaired) electrons. The van der Waals surface area contributed by atoms with E-state index < -0.39 is 0 Å². The highest BCUT2D eigenvalue weighted by Crippen LogP contribution is 2.21. The van der Waals surface area contributed by atoms with Crippen LogP contribution < -0.4 is 4.90 Å². The molecule has 0 spiro atoms. The van der Waals surface area contributed by atoms with E-state index >= 15 is 0 Å². The van der Waals surface area contributed by atoms with Gasteiger partial charge in [-0.2, -0.15) is 4.37 Å². The molecule has 6 nitrogen and oxygen atoms in total. The van der Waals surface area contributed by atoms with Crippen molar-refractivity contribution in [2.24, 2.45) is 0 Å². The summed E-state index contributed by atoms with van der Waals surface area (Å²) in [7, 11) is 3.56. The van der Waals surface area contributed by atoms with Gasteiger partial charge in [0.05, 0.1) is 0 Å². The molecule has 0 aliphatic carbocycles. The molecule has 128 valence electrons. The average Bonchev–Trinajstić information content (AvgIpc) is 3.05. The Balaban J connectivity index is 1.58. The molecule has 0 N–H and O–H groups in total. The molecule has 1 aromatic heterocycles. The third-order valence-corrected chi connectivity index (χ3v) is 5.00. The van der Waals surface area contributed by atoms with Crippen LogP contribution in [0.4, 0.5) is 9.93 Å². The smallest absolute Gasteiger partial charge is 0.319 e. The summed E-state index contributed by atoms with van der Waals surface area (Å²) in [6.45, 7) is 3.00. The van der Waals surface area contributed by atoms with E-state index in [1.807, 2.05) is 29.2 Å². The van der Waals surface area contributed by atoms with Crippen molar-refractivity contribution < 1.29 is 4.79 Å². The lowest BCUT2D eigenvalue weighted by Crippen LogP contribution is -2.51. The first-order valence-corrected chi connectivity index (χ1v) is 8.96. The second kappa shape index (κ2) is 7.36. The summed E-state index contributed by atoms with van der Waals surface area (Å²) in [5.41, 5.74) is 1.14. The second-order valence-corrected chi connectivity index (χ2v) is 7.11. The first-order chi connectivity index (χ1) is 11.5. The Labute approximate surface area is 150 Å². The summed E-state index contributed by atoms with van der Waals surface area (Å²) in [5, 5.41) is 1.66. The number of hydrogen-bond donors (Lipinski definition) is 0. The van der Waals surface area contributed by atoms with Crippen molar-refractivity contribution in [3.63, 3.8) is 0 Å². The van der Waals surface area contributed by atoms with Gasteiger partial charge in [-0.05, 0) is 17.7 Å². The van der Waals surface area contributed by atoms with E-state index in [4.69, 9.17) is 11.6 Å². The Hall–Kier alpha value is -1.86. The average molecular weight is 366 g/mol. The number of aromatic nitrogens is 2. The number of carbonyl (C=O) groups is 1. The summed E-state index contributed by atoms with van der Waals surface area (Å²) in [5.74, 6) is 0.823. The van der Waals surface area contributed by atoms with Crippen LogP contribution in [0.1, 0.15) is 11.4 Å². The molecule has 1 saturated heterocycles. The Bertz CT molecular complexity index is 695. The quantitative estimate of drug-likeness (QED) is 0.839. The van der Waals surface area contributed by atoms with Gasteiger partial charge in [0.2, 0.25) is 5.13 Å². The lowest BCUT2D eigenvalue weighted by atomic mass is 10.1. The number of nitrogens with zero attached hydrogens (tertiary/aromatic N) is 5. The van der Waals surface area contributed by atoms with E-state index in [2.05, 4.69) is 14.3 Å². The van der Waals surface area contributed by atoms with Crippen molar-refractivity contribution in [1.29, 1.82) is 0 Å². The highest BCUT2D eigenvalue weighted by atomic mass is 35.5. The third-order valence-electron chi connectivity index (χ3n) is 3.94.